The smallest absolute Gasteiger partial charge is 0.239 e. The summed E-state index contributed by atoms with van der Waals surface area (Å²) >= 11 is 0. The second-order valence-corrected chi connectivity index (χ2v) is 4.28. The highest BCUT2D eigenvalue weighted by Crippen LogP contribution is 2.03. The van der Waals surface area contributed by atoms with E-state index in [1.54, 1.807) is 4.90 Å². The number of carbonyl (C=O) groups is 1. The molecule has 1 fully saturated rings. The number of hydrogen-bond donors (Lipinski definition) is 2. The predicted molar refractivity (Wildman–Crippen MR) is 69.0 cm³/mol. The third kappa shape index (κ3) is 4.68. The molecule has 4 nitrogen and oxygen atoms in total. The van der Waals surface area contributed by atoms with Crippen LogP contribution in [0.2, 0.25) is 0 Å². The average Bonchev–Trinajstić information content (AvgIpc) is 2.28. The van der Waals surface area contributed by atoms with E-state index in [1.807, 2.05) is 20.9 Å². The summed E-state index contributed by atoms with van der Waals surface area (Å²) in [7, 11) is 1.85. The van der Waals surface area contributed by atoms with E-state index in [1.165, 1.54) is 12.8 Å². The van der Waals surface area contributed by atoms with Crippen LogP contribution in [-0.2, 0) is 4.79 Å². The van der Waals surface area contributed by atoms with Gasteiger partial charge in [0.15, 0.2) is 0 Å². The lowest BCUT2D eigenvalue weighted by molar-refractivity contribution is -0.131. The van der Waals surface area contributed by atoms with E-state index in [0.29, 0.717) is 6.04 Å². The predicted octanol–water partition coefficient (Wildman–Crippen LogP) is 0.617. The molecule has 0 aromatic rings. The van der Waals surface area contributed by atoms with Crippen LogP contribution in [0, 0.1) is 0 Å². The molecular weight excluding hydrogens is 226 g/mol. The normalized spacial score (nSPS) is 22.1. The van der Waals surface area contributed by atoms with Crippen molar-refractivity contribution in [2.45, 2.75) is 38.8 Å². The summed E-state index contributed by atoms with van der Waals surface area (Å²) < 4.78 is 0. The molecule has 0 radical (unpaired) electrons. The van der Waals surface area contributed by atoms with E-state index in [0.717, 1.165) is 19.6 Å². The third-order valence-electron chi connectivity index (χ3n) is 3.00. The Balaban J connectivity index is 0.00000225. The summed E-state index contributed by atoms with van der Waals surface area (Å²) in [6, 6.07) is 0.378. The van der Waals surface area contributed by atoms with Crippen molar-refractivity contribution in [1.82, 2.24) is 15.5 Å². The number of hydrogen-bond acceptors (Lipinski definition) is 3. The van der Waals surface area contributed by atoms with Crippen LogP contribution in [-0.4, -0.2) is 49.6 Å². The molecule has 0 aromatic heterocycles. The maximum absolute atomic E-state index is 11.8. The molecule has 1 rings (SSSR count). The number of rotatable bonds is 4. The van der Waals surface area contributed by atoms with Gasteiger partial charge < -0.3 is 15.5 Å². The number of piperidine rings is 1. The summed E-state index contributed by atoms with van der Waals surface area (Å²) in [4.78, 5) is 13.5. The van der Waals surface area contributed by atoms with Crippen molar-refractivity contribution < 1.29 is 4.79 Å². The summed E-state index contributed by atoms with van der Waals surface area (Å²) in [5.74, 6) is 0.183. The Morgan fingerprint density at radius 3 is 2.81 bits per heavy atom. The van der Waals surface area contributed by atoms with Crippen molar-refractivity contribution in [2.75, 3.05) is 26.7 Å². The molecule has 2 N–H and O–H groups in total. The highest BCUT2D eigenvalue weighted by Gasteiger charge is 2.21. The minimum absolute atomic E-state index is 0. The monoisotopic (exact) mass is 249 g/mol. The molecule has 1 aliphatic rings. The number of carbonyl (C=O) groups excluding carboxylic acids is 1. The number of amides is 1. The lowest BCUT2D eigenvalue weighted by Gasteiger charge is -2.28. The van der Waals surface area contributed by atoms with E-state index in [-0.39, 0.29) is 24.4 Å². The molecule has 1 amide bonds. The Morgan fingerprint density at radius 1 is 1.62 bits per heavy atom. The number of likely N-dealkylation sites (N-methyl/N-ethyl adjacent to an activating group) is 1. The Labute approximate surface area is 105 Å². The fourth-order valence-electron chi connectivity index (χ4n) is 1.91. The van der Waals surface area contributed by atoms with Crippen LogP contribution in [0.4, 0.5) is 0 Å². The van der Waals surface area contributed by atoms with Crippen molar-refractivity contribution in [3.05, 3.63) is 0 Å². The van der Waals surface area contributed by atoms with E-state index in [4.69, 9.17) is 0 Å². The van der Waals surface area contributed by atoms with Crippen LogP contribution >= 0.6 is 12.4 Å². The van der Waals surface area contributed by atoms with Crippen LogP contribution in [0.15, 0.2) is 0 Å². The summed E-state index contributed by atoms with van der Waals surface area (Å²) in [6.45, 7) is 6.80. The standard InChI is InChI=1S/C11H23N3O.ClH/c1-4-14(3)11(15)9(2)13-10-6-5-7-12-8-10;/h9-10,12-13H,4-8H2,1-3H3;1H. The van der Waals surface area contributed by atoms with Gasteiger partial charge in [-0.3, -0.25) is 4.79 Å². The third-order valence-corrected chi connectivity index (χ3v) is 3.00. The van der Waals surface area contributed by atoms with Gasteiger partial charge in [-0.2, -0.15) is 0 Å². The van der Waals surface area contributed by atoms with Gasteiger partial charge in [-0.25, -0.2) is 0 Å². The number of nitrogens with zero attached hydrogens (tertiary/aromatic N) is 1. The van der Waals surface area contributed by atoms with Gasteiger partial charge in [0.05, 0.1) is 6.04 Å². The highest BCUT2D eigenvalue weighted by molar-refractivity contribution is 5.85. The Hall–Kier alpha value is -0.320. The maximum atomic E-state index is 11.8. The first-order chi connectivity index (χ1) is 7.15. The molecule has 1 aliphatic heterocycles. The molecule has 0 bridgehead atoms. The van der Waals surface area contributed by atoms with Gasteiger partial charge in [0, 0.05) is 26.2 Å². The molecule has 2 atom stereocenters. The summed E-state index contributed by atoms with van der Waals surface area (Å²) in [5.41, 5.74) is 0. The zero-order valence-electron chi connectivity index (χ0n) is 10.5. The van der Waals surface area contributed by atoms with Crippen LogP contribution in [0.3, 0.4) is 0 Å². The van der Waals surface area contributed by atoms with E-state index in [2.05, 4.69) is 10.6 Å². The molecule has 1 heterocycles. The van der Waals surface area contributed by atoms with Crippen molar-refractivity contribution in [2.24, 2.45) is 0 Å². The second kappa shape index (κ2) is 7.87. The molecule has 2 unspecified atom stereocenters. The average molecular weight is 250 g/mol. The molecule has 96 valence electrons. The summed E-state index contributed by atoms with van der Waals surface area (Å²) in [5, 5.41) is 6.72. The Kier molecular flexibility index (Phi) is 7.72. The van der Waals surface area contributed by atoms with E-state index >= 15 is 0 Å². The van der Waals surface area contributed by atoms with Gasteiger partial charge in [-0.05, 0) is 33.2 Å². The fourth-order valence-corrected chi connectivity index (χ4v) is 1.91. The molecule has 0 aromatic carbocycles. The number of halogens is 1. The van der Waals surface area contributed by atoms with E-state index in [9.17, 15) is 4.79 Å². The lowest BCUT2D eigenvalue weighted by Crippen LogP contribution is -2.51. The van der Waals surface area contributed by atoms with Crippen molar-refractivity contribution in [3.8, 4) is 0 Å². The molecular formula is C11H24ClN3O. The first-order valence-corrected chi connectivity index (χ1v) is 5.87. The fraction of sp³-hybridized carbons (Fsp3) is 0.909. The van der Waals surface area contributed by atoms with Gasteiger partial charge in [0.25, 0.3) is 0 Å². The SMILES string of the molecule is CCN(C)C(=O)C(C)NC1CCCNC1.Cl. The largest absolute Gasteiger partial charge is 0.345 e. The van der Waals surface area contributed by atoms with Crippen molar-refractivity contribution >= 4 is 18.3 Å². The minimum atomic E-state index is -0.0696. The first-order valence-electron chi connectivity index (χ1n) is 5.87. The zero-order chi connectivity index (χ0) is 11.3. The van der Waals surface area contributed by atoms with Crippen LogP contribution in [0.25, 0.3) is 0 Å². The van der Waals surface area contributed by atoms with Crippen LogP contribution in [0.5, 0.6) is 0 Å². The van der Waals surface area contributed by atoms with Crippen molar-refractivity contribution in [1.29, 1.82) is 0 Å². The topological polar surface area (TPSA) is 44.4 Å². The second-order valence-electron chi connectivity index (χ2n) is 4.28. The minimum Gasteiger partial charge on any atom is -0.345 e. The Bertz CT molecular complexity index is 207. The van der Waals surface area contributed by atoms with Gasteiger partial charge in [0.1, 0.15) is 0 Å². The molecule has 0 saturated carbocycles. The molecule has 16 heavy (non-hydrogen) atoms. The van der Waals surface area contributed by atoms with Crippen LogP contribution in [0.1, 0.15) is 26.7 Å². The first kappa shape index (κ1) is 15.7. The molecule has 0 spiro atoms. The van der Waals surface area contributed by atoms with Gasteiger partial charge in [-0.15, -0.1) is 12.4 Å². The number of nitrogens with one attached hydrogen (secondary N) is 2. The van der Waals surface area contributed by atoms with Gasteiger partial charge in [-0.1, -0.05) is 0 Å². The molecule has 1 saturated heterocycles. The quantitative estimate of drug-likeness (QED) is 0.768. The maximum Gasteiger partial charge on any atom is 0.239 e. The molecule has 0 aliphatic carbocycles. The zero-order valence-corrected chi connectivity index (χ0v) is 11.3. The van der Waals surface area contributed by atoms with Crippen LogP contribution < -0.4 is 10.6 Å². The lowest BCUT2D eigenvalue weighted by atomic mass is 10.1. The van der Waals surface area contributed by atoms with Gasteiger partial charge in [0.2, 0.25) is 5.91 Å². The van der Waals surface area contributed by atoms with Gasteiger partial charge >= 0.3 is 0 Å². The van der Waals surface area contributed by atoms with E-state index < -0.39 is 0 Å². The van der Waals surface area contributed by atoms with Crippen molar-refractivity contribution in [3.63, 3.8) is 0 Å². The summed E-state index contributed by atoms with van der Waals surface area (Å²) in [6.07, 6.45) is 2.36. The molecule has 5 heteroatoms. The highest BCUT2D eigenvalue weighted by atomic mass is 35.5. The Morgan fingerprint density at radius 2 is 2.31 bits per heavy atom.